The number of aryl methyl sites for hydroxylation is 3. The average molecular weight is 299 g/mol. The monoisotopic (exact) mass is 299 g/mol. The van der Waals surface area contributed by atoms with Gasteiger partial charge in [0.15, 0.2) is 11.0 Å². The van der Waals surface area contributed by atoms with Crippen molar-refractivity contribution in [1.82, 2.24) is 19.7 Å². The summed E-state index contributed by atoms with van der Waals surface area (Å²) in [6.45, 7) is 0. The van der Waals surface area contributed by atoms with Gasteiger partial charge in [0.05, 0.1) is 5.69 Å². The van der Waals surface area contributed by atoms with Crippen LogP contribution in [0.3, 0.4) is 0 Å². The molecular weight excluding hydrogens is 282 g/mol. The normalized spacial score (nSPS) is 10.9. The van der Waals surface area contributed by atoms with E-state index in [1.165, 1.54) is 11.3 Å². The van der Waals surface area contributed by atoms with Crippen molar-refractivity contribution in [2.24, 2.45) is 7.05 Å². The van der Waals surface area contributed by atoms with Gasteiger partial charge < -0.3 is 5.73 Å². The molecule has 0 saturated heterocycles. The summed E-state index contributed by atoms with van der Waals surface area (Å²) in [6, 6.07) is 10.0. The molecule has 0 bridgehead atoms. The molecule has 0 unspecified atom stereocenters. The SMILES string of the molecule is Cn1nc(-c2ccccc2)nc1CCCc1csc(N)n1. The van der Waals surface area contributed by atoms with E-state index < -0.39 is 0 Å². The summed E-state index contributed by atoms with van der Waals surface area (Å²) in [4.78, 5) is 8.90. The Hall–Kier alpha value is -2.21. The van der Waals surface area contributed by atoms with Crippen molar-refractivity contribution in [3.05, 3.63) is 47.2 Å². The van der Waals surface area contributed by atoms with Crippen LogP contribution in [0.1, 0.15) is 17.9 Å². The van der Waals surface area contributed by atoms with Crippen LogP contribution in [0.25, 0.3) is 11.4 Å². The summed E-state index contributed by atoms with van der Waals surface area (Å²) in [7, 11) is 1.94. The van der Waals surface area contributed by atoms with E-state index in [0.717, 1.165) is 42.2 Å². The second-order valence-electron chi connectivity index (χ2n) is 4.87. The molecule has 0 amide bonds. The van der Waals surface area contributed by atoms with E-state index in [4.69, 9.17) is 5.73 Å². The number of thiazole rings is 1. The number of nitrogen functional groups attached to an aromatic ring is 1. The van der Waals surface area contributed by atoms with Crippen molar-refractivity contribution >= 4 is 16.5 Å². The number of aromatic nitrogens is 4. The molecular formula is C15H17N5S. The van der Waals surface area contributed by atoms with Crippen LogP contribution in [0.5, 0.6) is 0 Å². The lowest BCUT2D eigenvalue weighted by molar-refractivity contribution is 0.668. The predicted molar refractivity (Wildman–Crippen MR) is 85.0 cm³/mol. The van der Waals surface area contributed by atoms with Gasteiger partial charge in [-0.15, -0.1) is 11.3 Å². The Morgan fingerprint density at radius 2 is 1.95 bits per heavy atom. The lowest BCUT2D eigenvalue weighted by Gasteiger charge is -1.98. The average Bonchev–Trinajstić information content (AvgIpc) is 3.07. The molecule has 0 saturated carbocycles. The zero-order chi connectivity index (χ0) is 14.7. The number of anilines is 1. The first kappa shape index (κ1) is 13.8. The van der Waals surface area contributed by atoms with E-state index in [-0.39, 0.29) is 0 Å². The van der Waals surface area contributed by atoms with E-state index >= 15 is 0 Å². The first-order chi connectivity index (χ1) is 10.2. The fraction of sp³-hybridized carbons (Fsp3) is 0.267. The van der Waals surface area contributed by atoms with Gasteiger partial charge >= 0.3 is 0 Å². The second-order valence-corrected chi connectivity index (χ2v) is 5.76. The van der Waals surface area contributed by atoms with Crippen LogP contribution in [-0.2, 0) is 19.9 Å². The molecule has 0 aliphatic heterocycles. The van der Waals surface area contributed by atoms with Crippen LogP contribution >= 0.6 is 11.3 Å². The standard InChI is InChI=1S/C15H17N5S/c1-20-13(9-5-8-12-10-21-15(16)17-12)18-14(19-20)11-6-3-2-4-7-11/h2-4,6-7,10H,5,8-9H2,1H3,(H2,16,17). The van der Waals surface area contributed by atoms with Gasteiger partial charge in [0.25, 0.3) is 0 Å². The molecule has 1 aromatic carbocycles. The zero-order valence-electron chi connectivity index (χ0n) is 11.9. The first-order valence-corrected chi connectivity index (χ1v) is 7.75. The van der Waals surface area contributed by atoms with E-state index in [1.54, 1.807) is 0 Å². The van der Waals surface area contributed by atoms with E-state index in [2.05, 4.69) is 15.1 Å². The fourth-order valence-electron chi connectivity index (χ4n) is 2.21. The van der Waals surface area contributed by atoms with Crippen LogP contribution in [0.2, 0.25) is 0 Å². The Balaban J connectivity index is 1.65. The highest BCUT2D eigenvalue weighted by atomic mass is 32.1. The van der Waals surface area contributed by atoms with Gasteiger partial charge in [-0.25, -0.2) is 9.97 Å². The fourth-order valence-corrected chi connectivity index (χ4v) is 2.81. The Morgan fingerprint density at radius 3 is 2.67 bits per heavy atom. The molecule has 0 radical (unpaired) electrons. The third-order valence-electron chi connectivity index (χ3n) is 3.29. The molecule has 0 atom stereocenters. The molecule has 5 nitrogen and oxygen atoms in total. The number of nitrogens with zero attached hydrogens (tertiary/aromatic N) is 4. The van der Waals surface area contributed by atoms with Gasteiger partial charge in [-0.1, -0.05) is 30.3 Å². The minimum atomic E-state index is 0.634. The highest BCUT2D eigenvalue weighted by molar-refractivity contribution is 7.13. The summed E-state index contributed by atoms with van der Waals surface area (Å²) in [5.74, 6) is 1.78. The highest BCUT2D eigenvalue weighted by Crippen LogP contribution is 2.16. The van der Waals surface area contributed by atoms with E-state index in [0.29, 0.717) is 5.13 Å². The maximum atomic E-state index is 5.63. The minimum absolute atomic E-state index is 0.634. The van der Waals surface area contributed by atoms with Gasteiger partial charge in [-0.05, 0) is 12.8 Å². The maximum Gasteiger partial charge on any atom is 0.181 e. The molecule has 3 rings (SSSR count). The zero-order valence-corrected chi connectivity index (χ0v) is 12.7. The molecule has 0 aliphatic carbocycles. The lowest BCUT2D eigenvalue weighted by Crippen LogP contribution is -2.00. The molecule has 2 N–H and O–H groups in total. The minimum Gasteiger partial charge on any atom is -0.375 e. The smallest absolute Gasteiger partial charge is 0.181 e. The number of nitrogens with two attached hydrogens (primary N) is 1. The van der Waals surface area contributed by atoms with Crippen LogP contribution in [0.4, 0.5) is 5.13 Å². The van der Waals surface area contributed by atoms with Crippen LogP contribution in [0.15, 0.2) is 35.7 Å². The largest absolute Gasteiger partial charge is 0.375 e. The van der Waals surface area contributed by atoms with Gasteiger partial charge in [0, 0.05) is 24.4 Å². The van der Waals surface area contributed by atoms with Crippen molar-refractivity contribution < 1.29 is 0 Å². The van der Waals surface area contributed by atoms with Gasteiger partial charge in [0.2, 0.25) is 0 Å². The number of hydrogen-bond acceptors (Lipinski definition) is 5. The number of hydrogen-bond donors (Lipinski definition) is 1. The Labute approximate surface area is 127 Å². The molecule has 0 fully saturated rings. The lowest BCUT2D eigenvalue weighted by atomic mass is 10.2. The summed E-state index contributed by atoms with van der Waals surface area (Å²) >= 11 is 1.49. The Morgan fingerprint density at radius 1 is 1.14 bits per heavy atom. The third kappa shape index (κ3) is 3.28. The Bertz CT molecular complexity index is 717. The van der Waals surface area contributed by atoms with Crippen LogP contribution in [-0.4, -0.2) is 19.7 Å². The van der Waals surface area contributed by atoms with Crippen molar-refractivity contribution in [1.29, 1.82) is 0 Å². The number of benzene rings is 1. The molecule has 3 aromatic rings. The highest BCUT2D eigenvalue weighted by Gasteiger charge is 2.09. The van der Waals surface area contributed by atoms with Gasteiger partial charge in [-0.3, -0.25) is 4.68 Å². The van der Waals surface area contributed by atoms with Gasteiger partial charge in [-0.2, -0.15) is 5.10 Å². The summed E-state index contributed by atoms with van der Waals surface area (Å²) in [5.41, 5.74) is 7.74. The molecule has 2 heterocycles. The van der Waals surface area contributed by atoms with Crippen molar-refractivity contribution in [3.8, 4) is 11.4 Å². The summed E-state index contributed by atoms with van der Waals surface area (Å²) in [6.07, 6.45) is 2.79. The first-order valence-electron chi connectivity index (χ1n) is 6.87. The van der Waals surface area contributed by atoms with Crippen molar-refractivity contribution in [2.75, 3.05) is 5.73 Å². The van der Waals surface area contributed by atoms with Crippen molar-refractivity contribution in [2.45, 2.75) is 19.3 Å². The molecule has 108 valence electrons. The molecule has 0 spiro atoms. The number of rotatable bonds is 5. The molecule has 0 aliphatic rings. The van der Waals surface area contributed by atoms with Crippen LogP contribution in [0, 0.1) is 0 Å². The second kappa shape index (κ2) is 6.05. The third-order valence-corrected chi connectivity index (χ3v) is 4.01. The topological polar surface area (TPSA) is 69.6 Å². The van der Waals surface area contributed by atoms with Gasteiger partial charge in [0.1, 0.15) is 5.82 Å². The summed E-state index contributed by atoms with van der Waals surface area (Å²) in [5, 5.41) is 7.13. The van der Waals surface area contributed by atoms with E-state index in [1.807, 2.05) is 47.4 Å². The molecule has 21 heavy (non-hydrogen) atoms. The maximum absolute atomic E-state index is 5.63. The van der Waals surface area contributed by atoms with E-state index in [9.17, 15) is 0 Å². The Kier molecular flexibility index (Phi) is 3.96. The van der Waals surface area contributed by atoms with Crippen LogP contribution < -0.4 is 5.73 Å². The quantitative estimate of drug-likeness (QED) is 0.786. The van der Waals surface area contributed by atoms with Crippen molar-refractivity contribution in [3.63, 3.8) is 0 Å². The molecule has 2 aromatic heterocycles. The molecule has 6 heteroatoms. The predicted octanol–water partition coefficient (Wildman–Crippen LogP) is 2.70. The summed E-state index contributed by atoms with van der Waals surface area (Å²) < 4.78 is 1.86.